The van der Waals surface area contributed by atoms with Crippen LogP contribution in [0.4, 0.5) is 5.69 Å². The molecule has 9 heteroatoms. The molecule has 0 unspecified atom stereocenters. The fourth-order valence-electron chi connectivity index (χ4n) is 2.89. The zero-order valence-corrected chi connectivity index (χ0v) is 14.8. The number of sulfonamides is 1. The smallest absolute Gasteiger partial charge is 0.243 e. The molecule has 136 valence electrons. The highest BCUT2D eigenvalue weighted by Crippen LogP contribution is 2.26. The van der Waals surface area contributed by atoms with Gasteiger partial charge in [0.25, 0.3) is 0 Å². The third kappa shape index (κ3) is 3.83. The first-order valence-electron chi connectivity index (χ1n) is 8.12. The topological polar surface area (TPSA) is 96.0 Å². The maximum Gasteiger partial charge on any atom is 0.243 e. The number of benzene rings is 1. The number of rotatable bonds is 4. The van der Waals surface area contributed by atoms with Crippen LogP contribution < -0.4 is 5.32 Å². The second kappa shape index (κ2) is 7.11. The van der Waals surface area contributed by atoms with Crippen LogP contribution in [0.3, 0.4) is 0 Å². The van der Waals surface area contributed by atoms with Crippen molar-refractivity contribution < 1.29 is 22.7 Å². The summed E-state index contributed by atoms with van der Waals surface area (Å²) < 4.78 is 31.7. The van der Waals surface area contributed by atoms with Crippen LogP contribution in [0.5, 0.6) is 0 Å². The molecule has 0 radical (unpaired) electrons. The summed E-state index contributed by atoms with van der Waals surface area (Å²) >= 11 is 0. The third-order valence-electron chi connectivity index (χ3n) is 4.40. The number of likely N-dealkylation sites (N-methyl/N-ethyl adjacent to an activating group) is 1. The van der Waals surface area contributed by atoms with Crippen molar-refractivity contribution in [2.45, 2.75) is 17.7 Å². The highest BCUT2D eigenvalue weighted by Gasteiger charge is 2.27. The molecule has 0 bridgehead atoms. The van der Waals surface area contributed by atoms with Crippen LogP contribution in [-0.2, 0) is 30.8 Å². The monoisotopic (exact) mass is 367 g/mol. The van der Waals surface area contributed by atoms with Crippen LogP contribution in [0, 0.1) is 0 Å². The Bertz CT molecular complexity index is 787. The Labute approximate surface area is 146 Å². The zero-order chi connectivity index (χ0) is 18.0. The average molecular weight is 367 g/mol. The van der Waals surface area contributed by atoms with Crippen LogP contribution in [0.2, 0.25) is 0 Å². The van der Waals surface area contributed by atoms with Crippen molar-refractivity contribution in [3.63, 3.8) is 0 Å². The van der Waals surface area contributed by atoms with Crippen molar-refractivity contribution in [2.24, 2.45) is 0 Å². The minimum atomic E-state index is -3.78. The van der Waals surface area contributed by atoms with Crippen molar-refractivity contribution in [3.8, 4) is 0 Å². The van der Waals surface area contributed by atoms with Gasteiger partial charge in [0.15, 0.2) is 0 Å². The number of morpholine rings is 1. The Hall–Kier alpha value is -1.97. The second-order valence-electron chi connectivity index (χ2n) is 6.12. The molecule has 2 heterocycles. The van der Waals surface area contributed by atoms with E-state index in [1.165, 1.54) is 13.1 Å². The summed E-state index contributed by atoms with van der Waals surface area (Å²) in [6, 6.07) is 4.62. The molecule has 0 spiro atoms. The molecular formula is C16H21N3O5S. The molecule has 1 aromatic rings. The van der Waals surface area contributed by atoms with Gasteiger partial charge < -0.3 is 15.0 Å². The van der Waals surface area contributed by atoms with Crippen molar-refractivity contribution in [1.29, 1.82) is 0 Å². The predicted molar refractivity (Wildman–Crippen MR) is 90.6 cm³/mol. The lowest BCUT2D eigenvalue weighted by molar-refractivity contribution is -0.135. The molecule has 2 aliphatic heterocycles. The van der Waals surface area contributed by atoms with E-state index >= 15 is 0 Å². The van der Waals surface area contributed by atoms with E-state index < -0.39 is 10.0 Å². The number of fused-ring (bicyclic) bond motifs is 1. The number of hydrogen-bond donors (Lipinski definition) is 1. The Balaban J connectivity index is 1.74. The summed E-state index contributed by atoms with van der Waals surface area (Å²) in [5, 5.41) is 2.72. The van der Waals surface area contributed by atoms with Gasteiger partial charge in [0, 0.05) is 32.2 Å². The molecule has 2 amide bonds. The quantitative estimate of drug-likeness (QED) is 0.811. The van der Waals surface area contributed by atoms with E-state index in [-0.39, 0.29) is 23.3 Å². The number of ether oxygens (including phenoxy) is 1. The van der Waals surface area contributed by atoms with E-state index in [1.54, 1.807) is 17.0 Å². The summed E-state index contributed by atoms with van der Waals surface area (Å²) in [5.74, 6) is -0.309. The largest absolute Gasteiger partial charge is 0.378 e. The van der Waals surface area contributed by atoms with E-state index in [2.05, 4.69) is 5.32 Å². The van der Waals surface area contributed by atoms with Crippen molar-refractivity contribution in [3.05, 3.63) is 23.8 Å². The first-order chi connectivity index (χ1) is 11.9. The van der Waals surface area contributed by atoms with Gasteiger partial charge in [0.2, 0.25) is 21.8 Å². The van der Waals surface area contributed by atoms with Crippen LogP contribution in [0.15, 0.2) is 23.1 Å². The molecule has 1 aromatic carbocycles. The highest BCUT2D eigenvalue weighted by molar-refractivity contribution is 7.89. The van der Waals surface area contributed by atoms with Crippen molar-refractivity contribution >= 4 is 27.5 Å². The molecule has 1 N–H and O–H groups in total. The average Bonchev–Trinajstić information content (AvgIpc) is 2.61. The van der Waals surface area contributed by atoms with Crippen molar-refractivity contribution in [1.82, 2.24) is 9.21 Å². The minimum Gasteiger partial charge on any atom is -0.378 e. The lowest BCUT2D eigenvalue weighted by atomic mass is 10.0. The lowest BCUT2D eigenvalue weighted by Gasteiger charge is -2.28. The molecule has 1 saturated heterocycles. The van der Waals surface area contributed by atoms with Gasteiger partial charge in [-0.05, 0) is 30.2 Å². The third-order valence-corrected chi connectivity index (χ3v) is 6.20. The maximum atomic E-state index is 12.7. The molecule has 1 fully saturated rings. The van der Waals surface area contributed by atoms with Crippen LogP contribution in [0.25, 0.3) is 0 Å². The van der Waals surface area contributed by atoms with Gasteiger partial charge in [-0.1, -0.05) is 0 Å². The summed E-state index contributed by atoms with van der Waals surface area (Å²) in [5.41, 5.74) is 1.43. The first kappa shape index (κ1) is 17.8. The Morgan fingerprint density at radius 3 is 2.72 bits per heavy atom. The Morgan fingerprint density at radius 2 is 2.00 bits per heavy atom. The van der Waals surface area contributed by atoms with Gasteiger partial charge in [-0.3, -0.25) is 9.59 Å². The normalized spacial score (nSPS) is 18.0. The molecule has 25 heavy (non-hydrogen) atoms. The highest BCUT2D eigenvalue weighted by atomic mass is 32.2. The molecule has 2 aliphatic rings. The number of amides is 2. The van der Waals surface area contributed by atoms with Gasteiger partial charge in [-0.2, -0.15) is 4.31 Å². The standard InChI is InChI=1S/C16H21N3O5S/c1-18(11-16(21)19-6-8-24-9-7-19)25(22,23)13-3-4-14-12(10-13)2-5-15(20)17-14/h3-4,10H,2,5-9,11H2,1H3,(H,17,20). The van der Waals surface area contributed by atoms with Gasteiger partial charge in [0.1, 0.15) is 0 Å². The fraction of sp³-hybridized carbons (Fsp3) is 0.500. The van der Waals surface area contributed by atoms with E-state index in [0.717, 1.165) is 9.87 Å². The summed E-state index contributed by atoms with van der Waals surface area (Å²) in [6.07, 6.45) is 0.836. The Morgan fingerprint density at radius 1 is 1.28 bits per heavy atom. The van der Waals surface area contributed by atoms with E-state index in [1.807, 2.05) is 0 Å². The van der Waals surface area contributed by atoms with Crippen LogP contribution >= 0.6 is 0 Å². The molecule has 8 nitrogen and oxygen atoms in total. The minimum absolute atomic E-state index is 0.0728. The summed E-state index contributed by atoms with van der Waals surface area (Å²) in [6.45, 7) is 1.68. The molecule has 0 saturated carbocycles. The molecular weight excluding hydrogens is 346 g/mol. The number of carbonyl (C=O) groups excluding carboxylic acids is 2. The fourth-order valence-corrected chi connectivity index (χ4v) is 4.06. The number of nitrogens with zero attached hydrogens (tertiary/aromatic N) is 2. The van der Waals surface area contributed by atoms with E-state index in [4.69, 9.17) is 4.74 Å². The van der Waals surface area contributed by atoms with E-state index in [0.29, 0.717) is 44.8 Å². The van der Waals surface area contributed by atoms with Crippen molar-refractivity contribution in [2.75, 3.05) is 45.2 Å². The summed E-state index contributed by atoms with van der Waals surface area (Å²) in [7, 11) is -2.38. The predicted octanol–water partition coefficient (Wildman–Crippen LogP) is 0.0506. The molecule has 0 aliphatic carbocycles. The van der Waals surface area contributed by atoms with Crippen LogP contribution in [-0.4, -0.2) is 69.3 Å². The van der Waals surface area contributed by atoms with Gasteiger partial charge >= 0.3 is 0 Å². The van der Waals surface area contributed by atoms with Crippen LogP contribution in [0.1, 0.15) is 12.0 Å². The van der Waals surface area contributed by atoms with Gasteiger partial charge in [-0.15, -0.1) is 0 Å². The van der Waals surface area contributed by atoms with Gasteiger partial charge in [-0.25, -0.2) is 8.42 Å². The maximum absolute atomic E-state index is 12.7. The number of anilines is 1. The number of carbonyl (C=O) groups is 2. The Kier molecular flexibility index (Phi) is 5.07. The number of hydrogen-bond acceptors (Lipinski definition) is 5. The number of nitrogens with one attached hydrogen (secondary N) is 1. The first-order valence-corrected chi connectivity index (χ1v) is 9.56. The zero-order valence-electron chi connectivity index (χ0n) is 14.0. The number of aryl methyl sites for hydroxylation is 1. The molecule has 0 atom stereocenters. The lowest BCUT2D eigenvalue weighted by Crippen LogP contribution is -2.46. The molecule has 3 rings (SSSR count). The second-order valence-corrected chi connectivity index (χ2v) is 8.17. The summed E-state index contributed by atoms with van der Waals surface area (Å²) in [4.78, 5) is 25.4. The van der Waals surface area contributed by atoms with E-state index in [9.17, 15) is 18.0 Å². The van der Waals surface area contributed by atoms with Gasteiger partial charge in [0.05, 0.1) is 24.7 Å². The SMILES string of the molecule is CN(CC(=O)N1CCOCC1)S(=O)(=O)c1ccc2c(c1)CCC(=O)N2. The molecule has 0 aromatic heterocycles.